The van der Waals surface area contributed by atoms with Gasteiger partial charge in [0, 0.05) is 17.9 Å². The second kappa shape index (κ2) is 10.1. The molecule has 176 valence electrons. The number of aliphatic carboxylic acids is 1. The van der Waals surface area contributed by atoms with Crippen molar-refractivity contribution in [2.24, 2.45) is 5.92 Å². The number of carboxylic acid groups (broad SMARTS) is 1. The maximum atomic E-state index is 12.5. The van der Waals surface area contributed by atoms with Gasteiger partial charge in [0.15, 0.2) is 0 Å². The molecule has 3 N–H and O–H groups in total. The second-order valence-electron chi connectivity index (χ2n) is 9.28. The Labute approximate surface area is 194 Å². The van der Waals surface area contributed by atoms with Gasteiger partial charge in [-0.15, -0.1) is 0 Å². The summed E-state index contributed by atoms with van der Waals surface area (Å²) in [6.45, 7) is 7.23. The van der Waals surface area contributed by atoms with Crippen LogP contribution in [0.1, 0.15) is 57.6 Å². The van der Waals surface area contributed by atoms with E-state index in [1.165, 1.54) is 0 Å². The maximum Gasteiger partial charge on any atom is 0.407 e. The molecule has 0 spiro atoms. The van der Waals surface area contributed by atoms with Gasteiger partial charge in [0.25, 0.3) is 0 Å². The maximum absolute atomic E-state index is 12.5. The highest BCUT2D eigenvalue weighted by atomic mass is 16.5. The van der Waals surface area contributed by atoms with Gasteiger partial charge in [0.2, 0.25) is 5.91 Å². The van der Waals surface area contributed by atoms with E-state index in [1.54, 1.807) is 20.8 Å². The van der Waals surface area contributed by atoms with Gasteiger partial charge in [-0.25, -0.2) is 9.59 Å². The molecule has 2 amide bonds. The molecule has 7 heteroatoms. The largest absolute Gasteiger partial charge is 0.480 e. The van der Waals surface area contributed by atoms with Crippen LogP contribution in [0.2, 0.25) is 0 Å². The van der Waals surface area contributed by atoms with Crippen LogP contribution >= 0.6 is 0 Å². The summed E-state index contributed by atoms with van der Waals surface area (Å²) in [5, 5.41) is 14.7. The summed E-state index contributed by atoms with van der Waals surface area (Å²) in [5.41, 5.74) is 3.62. The minimum atomic E-state index is -1.07. The van der Waals surface area contributed by atoms with Crippen molar-refractivity contribution >= 4 is 18.0 Å². The van der Waals surface area contributed by atoms with E-state index in [0.717, 1.165) is 22.3 Å². The lowest BCUT2D eigenvalue weighted by molar-refractivity contribution is -0.143. The molecule has 2 aromatic carbocycles. The van der Waals surface area contributed by atoms with Gasteiger partial charge in [-0.1, -0.05) is 68.8 Å². The SMILES string of the molecule is CCC(C)[C@H](NC(=O)CC(C)(C)NC(=O)OCC1c2ccccc2-c2ccccc21)C(=O)O. The molecule has 1 aliphatic carbocycles. The molecule has 0 aromatic heterocycles. The Balaban J connectivity index is 1.58. The van der Waals surface area contributed by atoms with E-state index in [4.69, 9.17) is 4.74 Å². The summed E-state index contributed by atoms with van der Waals surface area (Å²) in [6, 6.07) is 15.2. The first kappa shape index (κ1) is 24.3. The number of carbonyl (C=O) groups is 3. The number of fused-ring (bicyclic) bond motifs is 3. The third kappa shape index (κ3) is 5.72. The fourth-order valence-corrected chi connectivity index (χ4v) is 4.26. The topological polar surface area (TPSA) is 105 Å². The highest BCUT2D eigenvalue weighted by Gasteiger charge is 2.32. The Morgan fingerprint density at radius 2 is 1.58 bits per heavy atom. The van der Waals surface area contributed by atoms with Crippen LogP contribution in [0.25, 0.3) is 11.1 Å². The van der Waals surface area contributed by atoms with E-state index >= 15 is 0 Å². The first-order chi connectivity index (χ1) is 15.6. The molecule has 0 bridgehead atoms. The number of rotatable bonds is 9. The summed E-state index contributed by atoms with van der Waals surface area (Å²) < 4.78 is 5.56. The molecular formula is C26H32N2O5. The first-order valence-corrected chi connectivity index (χ1v) is 11.3. The molecule has 2 aromatic rings. The Bertz CT molecular complexity index is 987. The van der Waals surface area contributed by atoms with Gasteiger partial charge < -0.3 is 20.5 Å². The van der Waals surface area contributed by atoms with E-state index in [-0.39, 0.29) is 24.9 Å². The summed E-state index contributed by atoms with van der Waals surface area (Å²) in [6.07, 6.45) is -0.0675. The number of benzene rings is 2. The summed E-state index contributed by atoms with van der Waals surface area (Å²) >= 11 is 0. The molecule has 7 nitrogen and oxygen atoms in total. The molecule has 0 saturated carbocycles. The summed E-state index contributed by atoms with van der Waals surface area (Å²) in [5.74, 6) is -1.77. The van der Waals surface area contributed by atoms with Crippen LogP contribution in [-0.2, 0) is 14.3 Å². The van der Waals surface area contributed by atoms with Crippen LogP contribution in [0.15, 0.2) is 48.5 Å². The predicted octanol–water partition coefficient (Wildman–Crippen LogP) is 4.31. The van der Waals surface area contributed by atoms with Gasteiger partial charge in [0.1, 0.15) is 12.6 Å². The van der Waals surface area contributed by atoms with Gasteiger partial charge in [0.05, 0.1) is 0 Å². The van der Waals surface area contributed by atoms with Gasteiger partial charge in [-0.05, 0) is 42.0 Å². The van der Waals surface area contributed by atoms with Crippen molar-refractivity contribution in [2.75, 3.05) is 6.61 Å². The highest BCUT2D eigenvalue weighted by molar-refractivity contribution is 5.85. The molecule has 0 aliphatic heterocycles. The fraction of sp³-hybridized carbons (Fsp3) is 0.423. The molecule has 0 radical (unpaired) electrons. The molecule has 2 atom stereocenters. The van der Waals surface area contributed by atoms with Crippen LogP contribution in [-0.4, -0.2) is 41.3 Å². The Hall–Kier alpha value is -3.35. The number of hydrogen-bond donors (Lipinski definition) is 3. The van der Waals surface area contributed by atoms with Gasteiger partial charge >= 0.3 is 12.1 Å². The minimum absolute atomic E-state index is 0.0542. The number of carbonyl (C=O) groups excluding carboxylic acids is 2. The van der Waals surface area contributed by atoms with Crippen molar-refractivity contribution in [2.45, 2.75) is 58.0 Å². The normalized spacial score (nSPS) is 14.5. The van der Waals surface area contributed by atoms with Gasteiger partial charge in [-0.2, -0.15) is 0 Å². The summed E-state index contributed by atoms with van der Waals surface area (Å²) in [4.78, 5) is 36.5. The molecular weight excluding hydrogens is 420 g/mol. The quantitative estimate of drug-likeness (QED) is 0.526. The molecule has 0 saturated heterocycles. The van der Waals surface area contributed by atoms with Crippen molar-refractivity contribution in [3.05, 3.63) is 59.7 Å². The van der Waals surface area contributed by atoms with Gasteiger partial charge in [-0.3, -0.25) is 4.79 Å². The molecule has 3 rings (SSSR count). The fourth-order valence-electron chi connectivity index (χ4n) is 4.26. The third-order valence-corrected chi connectivity index (χ3v) is 6.18. The lowest BCUT2D eigenvalue weighted by Crippen LogP contribution is -2.51. The number of ether oxygens (including phenoxy) is 1. The van der Waals surface area contributed by atoms with Crippen LogP contribution in [0.3, 0.4) is 0 Å². The lowest BCUT2D eigenvalue weighted by atomic mass is 9.97. The number of hydrogen-bond acceptors (Lipinski definition) is 4. The number of carboxylic acids is 1. The average molecular weight is 453 g/mol. The van der Waals surface area contributed by atoms with E-state index in [2.05, 4.69) is 22.8 Å². The predicted molar refractivity (Wildman–Crippen MR) is 126 cm³/mol. The Kier molecular flexibility index (Phi) is 7.41. The van der Waals surface area contributed by atoms with E-state index < -0.39 is 29.6 Å². The minimum Gasteiger partial charge on any atom is -0.480 e. The molecule has 1 unspecified atom stereocenters. The smallest absolute Gasteiger partial charge is 0.407 e. The highest BCUT2D eigenvalue weighted by Crippen LogP contribution is 2.44. The average Bonchev–Trinajstić information content (AvgIpc) is 3.08. The zero-order valence-electron chi connectivity index (χ0n) is 19.6. The monoisotopic (exact) mass is 452 g/mol. The molecule has 0 fully saturated rings. The van der Waals surface area contributed by atoms with Crippen molar-refractivity contribution < 1.29 is 24.2 Å². The lowest BCUT2D eigenvalue weighted by Gasteiger charge is -2.27. The number of amides is 2. The van der Waals surface area contributed by atoms with Crippen molar-refractivity contribution in [1.29, 1.82) is 0 Å². The standard InChI is InChI=1S/C26H32N2O5/c1-5-16(2)23(24(30)31)27-22(29)14-26(3,4)28-25(32)33-15-21-19-12-8-6-10-17(19)18-11-7-9-13-20(18)21/h6-13,16,21,23H,5,14-15H2,1-4H3,(H,27,29)(H,28,32)(H,30,31)/t16?,23-/m0/s1. The zero-order valence-corrected chi connectivity index (χ0v) is 19.6. The molecule has 33 heavy (non-hydrogen) atoms. The second-order valence-corrected chi connectivity index (χ2v) is 9.28. The number of nitrogens with one attached hydrogen (secondary N) is 2. The van der Waals surface area contributed by atoms with Crippen LogP contribution < -0.4 is 10.6 Å². The van der Waals surface area contributed by atoms with Crippen molar-refractivity contribution in [3.8, 4) is 11.1 Å². The van der Waals surface area contributed by atoms with Crippen LogP contribution in [0, 0.1) is 5.92 Å². The molecule has 1 aliphatic rings. The summed E-state index contributed by atoms with van der Waals surface area (Å²) in [7, 11) is 0. The first-order valence-electron chi connectivity index (χ1n) is 11.3. The van der Waals surface area contributed by atoms with E-state index in [1.807, 2.05) is 43.3 Å². The Morgan fingerprint density at radius 1 is 1.03 bits per heavy atom. The molecule has 0 heterocycles. The zero-order chi connectivity index (χ0) is 24.2. The van der Waals surface area contributed by atoms with E-state index in [9.17, 15) is 19.5 Å². The van der Waals surface area contributed by atoms with Crippen molar-refractivity contribution in [1.82, 2.24) is 10.6 Å². The third-order valence-electron chi connectivity index (χ3n) is 6.18. The van der Waals surface area contributed by atoms with Crippen LogP contribution in [0.4, 0.5) is 4.79 Å². The number of alkyl carbamates (subject to hydrolysis) is 1. The van der Waals surface area contributed by atoms with Crippen molar-refractivity contribution in [3.63, 3.8) is 0 Å². The van der Waals surface area contributed by atoms with E-state index in [0.29, 0.717) is 6.42 Å². The Morgan fingerprint density at radius 3 is 2.09 bits per heavy atom. The van der Waals surface area contributed by atoms with Crippen LogP contribution in [0.5, 0.6) is 0 Å².